The van der Waals surface area contributed by atoms with Crippen LogP contribution in [-0.2, 0) is 11.8 Å². The molecule has 1 aromatic heterocycles. The number of nitrogens with zero attached hydrogens (tertiary/aromatic N) is 2. The first kappa shape index (κ1) is 14.7. The van der Waals surface area contributed by atoms with Crippen molar-refractivity contribution in [2.75, 3.05) is 19.5 Å². The minimum Gasteiger partial charge on any atom is -0.496 e. The molecule has 1 saturated carbocycles. The smallest absolute Gasteiger partial charge is 0.127 e. The summed E-state index contributed by atoms with van der Waals surface area (Å²) in [6.07, 6.45) is 10.7. The quantitative estimate of drug-likeness (QED) is 0.897. The van der Waals surface area contributed by atoms with Crippen molar-refractivity contribution >= 4 is 17.6 Å². The summed E-state index contributed by atoms with van der Waals surface area (Å²) in [5, 5.41) is 3.55. The summed E-state index contributed by atoms with van der Waals surface area (Å²) in [5.41, 5.74) is 7.12. The lowest BCUT2D eigenvalue weighted by Gasteiger charge is -2.38. The van der Waals surface area contributed by atoms with Crippen LogP contribution in [0.3, 0.4) is 0 Å². The van der Waals surface area contributed by atoms with Crippen LogP contribution in [0.2, 0.25) is 0 Å². The minimum atomic E-state index is 0.0794. The molecule has 5 rings (SSSR count). The van der Waals surface area contributed by atoms with E-state index >= 15 is 0 Å². The van der Waals surface area contributed by atoms with Crippen LogP contribution >= 0.6 is 0 Å². The van der Waals surface area contributed by atoms with E-state index in [2.05, 4.69) is 45.6 Å². The molecule has 1 aliphatic heterocycles. The number of aliphatic imine (C=N–C) groups is 1. The predicted molar refractivity (Wildman–Crippen MR) is 101 cm³/mol. The summed E-state index contributed by atoms with van der Waals surface area (Å²) in [6.45, 7) is 0. The predicted octanol–water partition coefficient (Wildman–Crippen LogP) is 4.20. The second-order valence-electron chi connectivity index (χ2n) is 7.11. The zero-order valence-electron chi connectivity index (χ0n) is 14.6. The van der Waals surface area contributed by atoms with Gasteiger partial charge in [0.05, 0.1) is 18.2 Å². The van der Waals surface area contributed by atoms with E-state index in [4.69, 9.17) is 4.74 Å². The number of amidine groups is 1. The van der Waals surface area contributed by atoms with Crippen LogP contribution in [0.4, 0.5) is 5.69 Å². The van der Waals surface area contributed by atoms with Gasteiger partial charge in [-0.1, -0.05) is 12.5 Å². The maximum absolute atomic E-state index is 5.76. The molecule has 0 unspecified atom stereocenters. The summed E-state index contributed by atoms with van der Waals surface area (Å²) < 4.78 is 5.76. The van der Waals surface area contributed by atoms with E-state index in [0.717, 1.165) is 53.4 Å². The Hall–Kier alpha value is -2.62. The van der Waals surface area contributed by atoms with Crippen molar-refractivity contribution < 1.29 is 4.74 Å². The van der Waals surface area contributed by atoms with E-state index in [1.807, 2.05) is 13.2 Å². The zero-order valence-corrected chi connectivity index (χ0v) is 14.6. The van der Waals surface area contributed by atoms with Gasteiger partial charge in [0.1, 0.15) is 11.6 Å². The monoisotopic (exact) mass is 331 g/mol. The minimum absolute atomic E-state index is 0.0794. The molecular formula is C21H21N3O. The Kier molecular flexibility index (Phi) is 3.05. The molecule has 126 valence electrons. The fraction of sp³-hybridized carbons (Fsp3) is 0.333. The highest BCUT2D eigenvalue weighted by Gasteiger charge is 2.49. The number of benzene rings is 1. The highest BCUT2D eigenvalue weighted by molar-refractivity contribution is 6.11. The molecule has 2 heterocycles. The third-order valence-electron chi connectivity index (χ3n) is 5.92. The Morgan fingerprint density at radius 3 is 2.84 bits per heavy atom. The van der Waals surface area contributed by atoms with E-state index in [-0.39, 0.29) is 5.41 Å². The van der Waals surface area contributed by atoms with Gasteiger partial charge in [-0.15, -0.1) is 0 Å². The van der Waals surface area contributed by atoms with Gasteiger partial charge in [-0.05, 0) is 54.7 Å². The molecule has 2 aromatic rings. The molecule has 0 saturated heterocycles. The number of ether oxygens (including phenoxy) is 1. The SMILES string of the molecule is CN=C1Nc2cc(-c3cnc4c(c3)CC=C4)c(OC)cc2C12CCC2. The zero-order chi connectivity index (χ0) is 17.0. The average Bonchev–Trinajstić information content (AvgIpc) is 3.20. The van der Waals surface area contributed by atoms with E-state index in [0.29, 0.717) is 0 Å². The van der Waals surface area contributed by atoms with E-state index in [1.54, 1.807) is 7.11 Å². The first-order chi connectivity index (χ1) is 12.2. The average molecular weight is 331 g/mol. The number of rotatable bonds is 2. The highest BCUT2D eigenvalue weighted by atomic mass is 16.5. The standard InChI is InChI=1S/C21H21N3O/c1-22-20-21(7-4-8-21)16-11-19(25-2)15(10-18(16)24-20)14-9-13-5-3-6-17(13)23-12-14/h3,6,9-12H,4-5,7-8H2,1-2H3,(H,22,24). The molecular weight excluding hydrogens is 310 g/mol. The topological polar surface area (TPSA) is 46.5 Å². The van der Waals surface area contributed by atoms with Gasteiger partial charge in [0.2, 0.25) is 0 Å². The third kappa shape index (κ3) is 1.94. The molecule has 1 N–H and O–H groups in total. The van der Waals surface area contributed by atoms with Crippen molar-refractivity contribution in [2.45, 2.75) is 31.1 Å². The number of allylic oxidation sites excluding steroid dienone is 1. The first-order valence-electron chi connectivity index (χ1n) is 8.88. The van der Waals surface area contributed by atoms with Crippen LogP contribution in [0.1, 0.15) is 36.1 Å². The summed E-state index contributed by atoms with van der Waals surface area (Å²) in [5.74, 6) is 2.01. The van der Waals surface area contributed by atoms with Gasteiger partial charge in [-0.25, -0.2) is 0 Å². The number of hydrogen-bond acceptors (Lipinski definition) is 3. The van der Waals surface area contributed by atoms with Gasteiger partial charge < -0.3 is 10.1 Å². The van der Waals surface area contributed by atoms with Crippen molar-refractivity contribution in [3.8, 4) is 16.9 Å². The molecule has 0 radical (unpaired) electrons. The largest absolute Gasteiger partial charge is 0.496 e. The number of fused-ring (bicyclic) bond motifs is 3. The summed E-state index contributed by atoms with van der Waals surface area (Å²) in [7, 11) is 3.63. The van der Waals surface area contributed by atoms with Crippen molar-refractivity contribution in [3.63, 3.8) is 0 Å². The van der Waals surface area contributed by atoms with Gasteiger partial charge in [0, 0.05) is 30.1 Å². The molecule has 1 aromatic carbocycles. The van der Waals surface area contributed by atoms with Crippen LogP contribution in [0.5, 0.6) is 5.75 Å². The fourth-order valence-corrected chi connectivity index (χ4v) is 4.43. The highest BCUT2D eigenvalue weighted by Crippen LogP contribution is 2.53. The lowest BCUT2D eigenvalue weighted by atomic mass is 9.64. The van der Waals surface area contributed by atoms with Crippen LogP contribution in [-0.4, -0.2) is 25.0 Å². The Morgan fingerprint density at radius 2 is 2.12 bits per heavy atom. The van der Waals surface area contributed by atoms with Gasteiger partial charge in [0.15, 0.2) is 0 Å². The van der Waals surface area contributed by atoms with Crippen LogP contribution in [0.15, 0.2) is 35.5 Å². The summed E-state index contributed by atoms with van der Waals surface area (Å²) >= 11 is 0. The Labute approximate surface area is 147 Å². The van der Waals surface area contributed by atoms with Gasteiger partial charge in [-0.2, -0.15) is 0 Å². The maximum Gasteiger partial charge on any atom is 0.127 e. The van der Waals surface area contributed by atoms with Crippen molar-refractivity contribution in [1.82, 2.24) is 4.98 Å². The molecule has 2 aliphatic carbocycles. The molecule has 4 nitrogen and oxygen atoms in total. The summed E-state index contributed by atoms with van der Waals surface area (Å²) in [6, 6.07) is 6.65. The normalized spacial score (nSPS) is 20.3. The second-order valence-corrected chi connectivity index (χ2v) is 7.11. The van der Waals surface area contributed by atoms with Crippen LogP contribution in [0, 0.1) is 0 Å². The van der Waals surface area contributed by atoms with E-state index in [9.17, 15) is 0 Å². The summed E-state index contributed by atoms with van der Waals surface area (Å²) in [4.78, 5) is 9.13. The fourth-order valence-electron chi connectivity index (χ4n) is 4.43. The second kappa shape index (κ2) is 5.19. The van der Waals surface area contributed by atoms with Crippen molar-refractivity contribution in [2.24, 2.45) is 4.99 Å². The van der Waals surface area contributed by atoms with Gasteiger partial charge >= 0.3 is 0 Å². The molecule has 1 fully saturated rings. The molecule has 0 bridgehead atoms. The number of hydrogen-bond donors (Lipinski definition) is 1. The van der Waals surface area contributed by atoms with E-state index in [1.165, 1.54) is 17.5 Å². The Balaban J connectivity index is 1.66. The molecule has 25 heavy (non-hydrogen) atoms. The van der Waals surface area contributed by atoms with Gasteiger partial charge in [-0.3, -0.25) is 9.98 Å². The van der Waals surface area contributed by atoms with E-state index < -0.39 is 0 Å². The Morgan fingerprint density at radius 1 is 1.24 bits per heavy atom. The number of aromatic nitrogens is 1. The van der Waals surface area contributed by atoms with Crippen molar-refractivity contribution in [1.29, 1.82) is 0 Å². The lowest BCUT2D eigenvalue weighted by molar-refractivity contribution is 0.344. The third-order valence-corrected chi connectivity index (χ3v) is 5.92. The number of anilines is 1. The molecule has 0 atom stereocenters. The first-order valence-corrected chi connectivity index (χ1v) is 8.88. The lowest BCUT2D eigenvalue weighted by Crippen LogP contribution is -2.41. The van der Waals surface area contributed by atoms with Gasteiger partial charge in [0.25, 0.3) is 0 Å². The van der Waals surface area contributed by atoms with Crippen LogP contribution in [0.25, 0.3) is 17.2 Å². The molecule has 0 amide bonds. The Bertz CT molecular complexity index is 938. The number of methoxy groups -OCH3 is 1. The molecule has 4 heteroatoms. The molecule has 1 spiro atoms. The number of pyridine rings is 1. The molecule has 3 aliphatic rings. The number of nitrogens with one attached hydrogen (secondary N) is 1. The van der Waals surface area contributed by atoms with Crippen LogP contribution < -0.4 is 10.1 Å². The van der Waals surface area contributed by atoms with Crippen molar-refractivity contribution in [3.05, 3.63) is 47.3 Å². The maximum atomic E-state index is 5.76.